The Hall–Kier alpha value is -3.17. The maximum absolute atomic E-state index is 13.2. The number of carboxylic acid groups (broad SMARTS) is 1. The lowest BCUT2D eigenvalue weighted by Crippen LogP contribution is -2.40. The predicted octanol–water partition coefficient (Wildman–Crippen LogP) is 3.19. The van der Waals surface area contributed by atoms with E-state index in [2.05, 4.69) is 0 Å². The van der Waals surface area contributed by atoms with E-state index in [1.165, 1.54) is 21.2 Å². The highest BCUT2D eigenvalue weighted by Gasteiger charge is 2.34. The number of ether oxygens (including phenoxy) is 1. The Kier molecular flexibility index (Phi) is 10.1. The largest absolute Gasteiger partial charge is 0.481 e. The van der Waals surface area contributed by atoms with Gasteiger partial charge >= 0.3 is 11.9 Å². The number of piperidine rings is 1. The molecule has 12 heteroatoms. The van der Waals surface area contributed by atoms with Crippen molar-refractivity contribution in [3.05, 3.63) is 31.9 Å². The molecule has 0 atom stereocenters. The van der Waals surface area contributed by atoms with Crippen LogP contribution in [0.5, 0.6) is 0 Å². The van der Waals surface area contributed by atoms with Gasteiger partial charge in [-0.2, -0.15) is 5.26 Å². The molecule has 2 saturated heterocycles. The number of thiocarbonyl (C=S) groups is 1. The number of amides is 1. The molecule has 1 aromatic rings. The van der Waals surface area contributed by atoms with Crippen LogP contribution in [0.2, 0.25) is 0 Å². The van der Waals surface area contributed by atoms with Gasteiger partial charge in [-0.15, -0.1) is 0 Å². The van der Waals surface area contributed by atoms with Crippen LogP contribution >= 0.6 is 24.0 Å². The third-order valence-electron chi connectivity index (χ3n) is 6.80. The Balaban J connectivity index is 1.90. The first-order chi connectivity index (χ1) is 18.1. The number of hydrogen-bond acceptors (Lipinski definition) is 9. The van der Waals surface area contributed by atoms with Crippen LogP contribution in [0.3, 0.4) is 0 Å². The summed E-state index contributed by atoms with van der Waals surface area (Å²) in [5, 5.41) is 18.5. The molecule has 1 amide bonds. The second kappa shape index (κ2) is 13.1. The van der Waals surface area contributed by atoms with E-state index in [1.54, 1.807) is 27.0 Å². The molecule has 204 valence electrons. The molecule has 2 aliphatic heterocycles. The van der Waals surface area contributed by atoms with E-state index in [1.807, 2.05) is 11.0 Å². The molecule has 2 aliphatic rings. The maximum Gasteiger partial charge on any atom is 0.309 e. The van der Waals surface area contributed by atoms with Gasteiger partial charge in [0.05, 0.1) is 17.4 Å². The molecule has 1 N–H and O–H groups in total. The number of nitriles is 1. The first-order valence-electron chi connectivity index (χ1n) is 12.6. The Morgan fingerprint density at radius 2 is 1.92 bits per heavy atom. The topological polar surface area (TPSA) is 133 Å². The van der Waals surface area contributed by atoms with Crippen LogP contribution in [0.15, 0.2) is 9.70 Å². The predicted molar refractivity (Wildman–Crippen MR) is 149 cm³/mol. The normalized spacial score (nSPS) is 17.3. The first kappa shape index (κ1) is 29.4. The maximum atomic E-state index is 13.2. The number of anilines is 1. The number of aromatic nitrogens is 1. The molecule has 0 aliphatic carbocycles. The lowest BCUT2D eigenvalue weighted by Gasteiger charge is -2.35. The van der Waals surface area contributed by atoms with Crippen LogP contribution in [0, 0.1) is 24.2 Å². The van der Waals surface area contributed by atoms with Gasteiger partial charge in [0.25, 0.3) is 11.5 Å². The lowest BCUT2D eigenvalue weighted by atomic mass is 9.95. The highest BCUT2D eigenvalue weighted by Crippen LogP contribution is 2.36. The molecule has 0 aromatic carbocycles. The van der Waals surface area contributed by atoms with E-state index in [-0.39, 0.29) is 29.8 Å². The smallest absolute Gasteiger partial charge is 0.309 e. The summed E-state index contributed by atoms with van der Waals surface area (Å²) >= 11 is 6.61. The van der Waals surface area contributed by atoms with Crippen molar-refractivity contribution in [1.82, 2.24) is 9.47 Å². The molecular weight excluding hydrogens is 528 g/mol. The van der Waals surface area contributed by atoms with Gasteiger partial charge in [0, 0.05) is 38.7 Å². The zero-order valence-electron chi connectivity index (χ0n) is 21.8. The molecule has 38 heavy (non-hydrogen) atoms. The van der Waals surface area contributed by atoms with E-state index in [0.717, 1.165) is 0 Å². The van der Waals surface area contributed by atoms with Gasteiger partial charge in [0.1, 0.15) is 21.8 Å². The summed E-state index contributed by atoms with van der Waals surface area (Å²) in [6.07, 6.45) is 4.75. The number of thioether (sulfide) groups is 1. The average molecular weight is 561 g/mol. The second-order valence-electron chi connectivity index (χ2n) is 9.26. The Morgan fingerprint density at radius 1 is 1.24 bits per heavy atom. The number of esters is 1. The second-order valence-corrected chi connectivity index (χ2v) is 10.9. The highest BCUT2D eigenvalue weighted by atomic mass is 32.2. The van der Waals surface area contributed by atoms with Crippen molar-refractivity contribution in [2.45, 2.75) is 52.4 Å². The molecule has 0 radical (unpaired) electrons. The van der Waals surface area contributed by atoms with Crippen LogP contribution in [-0.4, -0.2) is 63.0 Å². The monoisotopic (exact) mass is 560 g/mol. The Bertz CT molecular complexity index is 1260. The Morgan fingerprint density at radius 3 is 2.53 bits per heavy atom. The number of carbonyl (C=O) groups excluding carboxylic acids is 2. The van der Waals surface area contributed by atoms with Crippen molar-refractivity contribution in [2.24, 2.45) is 13.0 Å². The van der Waals surface area contributed by atoms with E-state index in [4.69, 9.17) is 22.1 Å². The number of unbranched alkanes of at least 4 members (excludes halogenated alkanes) is 2. The summed E-state index contributed by atoms with van der Waals surface area (Å²) < 4.78 is 7.02. The third kappa shape index (κ3) is 6.45. The summed E-state index contributed by atoms with van der Waals surface area (Å²) in [6, 6.07) is 2.00. The highest BCUT2D eigenvalue weighted by molar-refractivity contribution is 8.26. The molecule has 1 aromatic heterocycles. The van der Waals surface area contributed by atoms with Gasteiger partial charge in [-0.3, -0.25) is 28.6 Å². The number of carboxylic acids is 1. The van der Waals surface area contributed by atoms with Gasteiger partial charge in [-0.25, -0.2) is 0 Å². The Labute approximate surface area is 231 Å². The third-order valence-corrected chi connectivity index (χ3v) is 8.18. The van der Waals surface area contributed by atoms with Gasteiger partial charge in [0.2, 0.25) is 0 Å². The minimum absolute atomic E-state index is 0.0119. The zero-order valence-corrected chi connectivity index (χ0v) is 23.5. The molecule has 2 fully saturated rings. The number of nitrogens with zero attached hydrogens (tertiary/aromatic N) is 4. The molecule has 3 rings (SSSR count). The van der Waals surface area contributed by atoms with Gasteiger partial charge in [-0.05, 0) is 51.2 Å². The quantitative estimate of drug-likeness (QED) is 0.197. The van der Waals surface area contributed by atoms with Crippen molar-refractivity contribution in [3.63, 3.8) is 0 Å². The van der Waals surface area contributed by atoms with Crippen molar-refractivity contribution in [3.8, 4) is 6.07 Å². The summed E-state index contributed by atoms with van der Waals surface area (Å²) in [6.45, 7) is 5.22. The van der Waals surface area contributed by atoms with E-state index < -0.39 is 11.5 Å². The van der Waals surface area contributed by atoms with E-state index in [0.29, 0.717) is 84.5 Å². The summed E-state index contributed by atoms with van der Waals surface area (Å²) in [7, 11) is 1.61. The fourth-order valence-electron chi connectivity index (χ4n) is 4.73. The SMILES string of the molecule is CCOC(=O)C1CCN(c2c(C=C3SC(=S)N(CCCCCC(=O)O)C3=O)c(C)c(C#N)c(=O)n2C)CC1. The lowest BCUT2D eigenvalue weighted by molar-refractivity contribution is -0.148. The van der Waals surface area contributed by atoms with Gasteiger partial charge in [0.15, 0.2) is 0 Å². The fraction of sp³-hybridized carbons (Fsp3) is 0.538. The average Bonchev–Trinajstić information content (AvgIpc) is 3.15. The van der Waals surface area contributed by atoms with Crippen molar-refractivity contribution < 1.29 is 24.2 Å². The first-order valence-corrected chi connectivity index (χ1v) is 13.9. The summed E-state index contributed by atoms with van der Waals surface area (Å²) in [5.41, 5.74) is 0.675. The number of carbonyl (C=O) groups is 3. The van der Waals surface area contributed by atoms with Crippen LogP contribution in [0.1, 0.15) is 62.1 Å². The number of hydrogen-bond donors (Lipinski definition) is 1. The summed E-state index contributed by atoms with van der Waals surface area (Å²) in [5.74, 6) is -0.935. The molecule has 0 bridgehead atoms. The number of aliphatic carboxylic acids is 1. The number of rotatable bonds is 10. The minimum atomic E-state index is -0.844. The van der Waals surface area contributed by atoms with Gasteiger partial charge in [-0.1, -0.05) is 30.4 Å². The van der Waals surface area contributed by atoms with Crippen molar-refractivity contribution in [2.75, 3.05) is 31.1 Å². The van der Waals surface area contributed by atoms with Crippen LogP contribution in [0.25, 0.3) is 6.08 Å². The molecule has 10 nitrogen and oxygen atoms in total. The van der Waals surface area contributed by atoms with Crippen LogP contribution < -0.4 is 10.5 Å². The van der Waals surface area contributed by atoms with Crippen molar-refractivity contribution >= 4 is 58.0 Å². The van der Waals surface area contributed by atoms with Crippen LogP contribution in [0.4, 0.5) is 5.82 Å². The molecule has 0 unspecified atom stereocenters. The minimum Gasteiger partial charge on any atom is -0.481 e. The van der Waals surface area contributed by atoms with E-state index >= 15 is 0 Å². The van der Waals surface area contributed by atoms with Crippen LogP contribution in [-0.2, 0) is 26.2 Å². The zero-order chi connectivity index (χ0) is 28.0. The molecule has 0 spiro atoms. The van der Waals surface area contributed by atoms with Crippen molar-refractivity contribution in [1.29, 1.82) is 5.26 Å². The molecule has 0 saturated carbocycles. The standard InChI is InChI=1S/C26H32N4O6S2/c1-4-36-25(35)17-9-12-29(13-10-17)22-18(16(2)19(15-27)23(33)28(22)3)14-20-24(34)30(26(37)38-20)11-7-5-6-8-21(31)32/h14,17H,4-13H2,1-3H3,(H,31,32). The van der Waals surface area contributed by atoms with Gasteiger partial charge < -0.3 is 14.7 Å². The number of pyridine rings is 1. The molecular formula is C26H32N4O6S2. The fourth-order valence-corrected chi connectivity index (χ4v) is 6.02. The summed E-state index contributed by atoms with van der Waals surface area (Å²) in [4.78, 5) is 53.1. The molecule has 3 heterocycles. The van der Waals surface area contributed by atoms with E-state index in [9.17, 15) is 24.4 Å².